The van der Waals surface area contributed by atoms with E-state index in [1.165, 1.54) is 31.2 Å². The van der Waals surface area contributed by atoms with Crippen LogP contribution in [0.2, 0.25) is 0 Å². The molecular formula is C17H17N3O5S. The normalized spacial score (nSPS) is 13.8. The molecule has 0 bridgehead atoms. The molecule has 0 spiro atoms. The first kappa shape index (κ1) is 17.9. The molecule has 0 aliphatic carbocycles. The van der Waals surface area contributed by atoms with Crippen molar-refractivity contribution in [3.63, 3.8) is 0 Å². The van der Waals surface area contributed by atoms with Gasteiger partial charge in [0.25, 0.3) is 21.6 Å². The number of nitro benzene ring substituents is 1. The molecule has 1 aliphatic heterocycles. The Labute approximate surface area is 150 Å². The molecule has 3 rings (SSSR count). The van der Waals surface area contributed by atoms with Crippen LogP contribution in [-0.2, 0) is 10.0 Å². The molecule has 136 valence electrons. The lowest BCUT2D eigenvalue weighted by Crippen LogP contribution is -2.41. The summed E-state index contributed by atoms with van der Waals surface area (Å²) in [5, 5.41) is 11.0. The van der Waals surface area contributed by atoms with Crippen molar-refractivity contribution in [1.82, 2.24) is 4.90 Å². The van der Waals surface area contributed by atoms with E-state index in [0.717, 1.165) is 25.6 Å². The van der Waals surface area contributed by atoms with E-state index in [0.29, 0.717) is 11.1 Å². The number of carbonyl (C=O) groups is 1. The number of likely N-dealkylation sites (tertiary alicyclic amines) is 1. The van der Waals surface area contributed by atoms with E-state index in [-0.39, 0.29) is 22.2 Å². The second-order valence-electron chi connectivity index (χ2n) is 6.03. The summed E-state index contributed by atoms with van der Waals surface area (Å²) in [6, 6.07) is 9.82. The topological polar surface area (TPSA) is 110 Å². The van der Waals surface area contributed by atoms with Crippen LogP contribution in [0.15, 0.2) is 47.4 Å². The van der Waals surface area contributed by atoms with E-state index >= 15 is 0 Å². The van der Waals surface area contributed by atoms with Crippen molar-refractivity contribution in [3.05, 3.63) is 63.7 Å². The molecule has 8 nitrogen and oxygen atoms in total. The number of aryl methyl sites for hydroxylation is 1. The number of nitrogens with one attached hydrogen (secondary N) is 1. The zero-order valence-corrected chi connectivity index (χ0v) is 14.8. The minimum Gasteiger partial charge on any atom is -0.339 e. The van der Waals surface area contributed by atoms with Gasteiger partial charge in [-0.05, 0) is 43.7 Å². The summed E-state index contributed by atoms with van der Waals surface area (Å²) in [7, 11) is -3.98. The Balaban J connectivity index is 1.80. The van der Waals surface area contributed by atoms with Crippen molar-refractivity contribution in [2.45, 2.75) is 18.2 Å². The molecule has 1 fully saturated rings. The zero-order valence-electron chi connectivity index (χ0n) is 14.0. The van der Waals surface area contributed by atoms with Crippen LogP contribution in [-0.4, -0.2) is 37.2 Å². The van der Waals surface area contributed by atoms with Gasteiger partial charge in [-0.3, -0.25) is 19.6 Å². The third-order valence-electron chi connectivity index (χ3n) is 4.21. The number of nitro groups is 1. The highest BCUT2D eigenvalue weighted by atomic mass is 32.2. The highest BCUT2D eigenvalue weighted by Crippen LogP contribution is 2.24. The molecule has 0 atom stereocenters. The molecule has 9 heteroatoms. The number of sulfonamides is 1. The van der Waals surface area contributed by atoms with Crippen molar-refractivity contribution in [2.24, 2.45) is 0 Å². The van der Waals surface area contributed by atoms with Gasteiger partial charge in [-0.25, -0.2) is 8.42 Å². The number of amides is 1. The van der Waals surface area contributed by atoms with Gasteiger partial charge in [-0.15, -0.1) is 0 Å². The highest BCUT2D eigenvalue weighted by Gasteiger charge is 2.22. The SMILES string of the molecule is Cc1ccc(S(=O)(=O)Nc2ccc(C(=O)N3CCC3)cc2)cc1[N+](=O)[O-]. The Hall–Kier alpha value is -2.94. The molecule has 0 saturated carbocycles. The second-order valence-corrected chi connectivity index (χ2v) is 7.72. The number of rotatable bonds is 5. The Morgan fingerprint density at radius 1 is 1.15 bits per heavy atom. The molecule has 1 saturated heterocycles. The standard InChI is InChI=1S/C17H17N3O5S/c1-12-3-8-15(11-16(12)20(22)23)26(24,25)18-14-6-4-13(5-7-14)17(21)19-9-2-10-19/h3-8,11,18H,2,9-10H2,1H3. The third-order valence-corrected chi connectivity index (χ3v) is 5.59. The van der Waals surface area contributed by atoms with Crippen molar-refractivity contribution in [1.29, 1.82) is 0 Å². The number of carbonyl (C=O) groups excluding carboxylic acids is 1. The maximum absolute atomic E-state index is 12.5. The van der Waals surface area contributed by atoms with Crippen LogP contribution < -0.4 is 4.72 Å². The van der Waals surface area contributed by atoms with Gasteiger partial charge in [0.15, 0.2) is 0 Å². The number of nitrogens with zero attached hydrogens (tertiary/aromatic N) is 2. The minimum atomic E-state index is -3.98. The number of hydrogen-bond acceptors (Lipinski definition) is 5. The largest absolute Gasteiger partial charge is 0.339 e. The Kier molecular flexibility index (Phi) is 4.64. The molecule has 26 heavy (non-hydrogen) atoms. The summed E-state index contributed by atoms with van der Waals surface area (Å²) in [5.41, 5.74) is 0.873. The fraction of sp³-hybridized carbons (Fsp3) is 0.235. The third kappa shape index (κ3) is 3.52. The molecule has 1 N–H and O–H groups in total. The van der Waals surface area contributed by atoms with Crippen LogP contribution in [0, 0.1) is 17.0 Å². The lowest BCUT2D eigenvalue weighted by atomic mass is 10.1. The fourth-order valence-corrected chi connectivity index (χ4v) is 3.63. The number of hydrogen-bond donors (Lipinski definition) is 1. The van der Waals surface area contributed by atoms with E-state index < -0.39 is 14.9 Å². The van der Waals surface area contributed by atoms with Gasteiger partial charge in [0, 0.05) is 36.0 Å². The van der Waals surface area contributed by atoms with Crippen molar-refractivity contribution < 1.29 is 18.1 Å². The Bertz CT molecular complexity index is 966. The summed E-state index contributed by atoms with van der Waals surface area (Å²) in [6.45, 7) is 3.01. The van der Waals surface area contributed by atoms with Crippen molar-refractivity contribution >= 4 is 27.3 Å². The van der Waals surface area contributed by atoms with Crippen molar-refractivity contribution in [3.8, 4) is 0 Å². The van der Waals surface area contributed by atoms with E-state index in [2.05, 4.69) is 4.72 Å². The summed E-state index contributed by atoms with van der Waals surface area (Å²) < 4.78 is 27.3. The number of benzene rings is 2. The van der Waals surface area contributed by atoms with E-state index in [1.54, 1.807) is 17.0 Å². The van der Waals surface area contributed by atoms with Crippen molar-refractivity contribution in [2.75, 3.05) is 17.8 Å². The van der Waals surface area contributed by atoms with E-state index in [4.69, 9.17) is 0 Å². The zero-order chi connectivity index (χ0) is 18.9. The second kappa shape index (κ2) is 6.75. The van der Waals surface area contributed by atoms with Crippen LogP contribution in [0.25, 0.3) is 0 Å². The highest BCUT2D eigenvalue weighted by molar-refractivity contribution is 7.92. The first-order valence-corrected chi connectivity index (χ1v) is 9.43. The molecule has 1 amide bonds. The maximum atomic E-state index is 12.5. The van der Waals surface area contributed by atoms with E-state index in [1.807, 2.05) is 0 Å². The number of anilines is 1. The van der Waals surface area contributed by atoms with Gasteiger partial charge in [0.05, 0.1) is 9.82 Å². The monoisotopic (exact) mass is 375 g/mol. The first-order valence-electron chi connectivity index (χ1n) is 7.95. The van der Waals surface area contributed by atoms with Crippen LogP contribution in [0.5, 0.6) is 0 Å². The average Bonchev–Trinajstić information content (AvgIpc) is 2.53. The molecular weight excluding hydrogens is 358 g/mol. The Morgan fingerprint density at radius 3 is 2.35 bits per heavy atom. The molecule has 1 heterocycles. The van der Waals surface area contributed by atoms with Gasteiger partial charge >= 0.3 is 0 Å². The van der Waals surface area contributed by atoms with Gasteiger partial charge in [-0.2, -0.15) is 0 Å². The first-order chi connectivity index (χ1) is 12.3. The van der Waals surface area contributed by atoms with Gasteiger partial charge in [0.1, 0.15) is 0 Å². The molecule has 0 radical (unpaired) electrons. The summed E-state index contributed by atoms with van der Waals surface area (Å²) in [4.78, 5) is 24.0. The van der Waals surface area contributed by atoms with Crippen LogP contribution in [0.4, 0.5) is 11.4 Å². The smallest absolute Gasteiger partial charge is 0.273 e. The molecule has 2 aromatic carbocycles. The van der Waals surface area contributed by atoms with Gasteiger partial charge in [-0.1, -0.05) is 6.07 Å². The van der Waals surface area contributed by atoms with Gasteiger partial charge in [0.2, 0.25) is 0 Å². The van der Waals surface area contributed by atoms with Gasteiger partial charge < -0.3 is 4.90 Å². The predicted octanol–water partition coefficient (Wildman–Crippen LogP) is 2.55. The van der Waals surface area contributed by atoms with Crippen LogP contribution >= 0.6 is 0 Å². The van der Waals surface area contributed by atoms with Crippen LogP contribution in [0.1, 0.15) is 22.3 Å². The summed E-state index contributed by atoms with van der Waals surface area (Å²) in [5.74, 6) is -0.0835. The molecule has 1 aliphatic rings. The summed E-state index contributed by atoms with van der Waals surface area (Å²) >= 11 is 0. The maximum Gasteiger partial charge on any atom is 0.273 e. The lowest BCUT2D eigenvalue weighted by Gasteiger charge is -2.30. The average molecular weight is 375 g/mol. The molecule has 2 aromatic rings. The lowest BCUT2D eigenvalue weighted by molar-refractivity contribution is -0.385. The Morgan fingerprint density at radius 2 is 1.81 bits per heavy atom. The molecule has 0 unspecified atom stereocenters. The predicted molar refractivity (Wildman–Crippen MR) is 95.6 cm³/mol. The molecule has 0 aromatic heterocycles. The minimum absolute atomic E-state index is 0.0835. The quantitative estimate of drug-likeness (QED) is 0.638. The van der Waals surface area contributed by atoms with E-state index in [9.17, 15) is 23.3 Å². The fourth-order valence-electron chi connectivity index (χ4n) is 2.55. The summed E-state index contributed by atoms with van der Waals surface area (Å²) in [6.07, 6.45) is 0.992. The van der Waals surface area contributed by atoms with Crippen LogP contribution in [0.3, 0.4) is 0 Å².